The molecular formula is C15H21N3O5S. The largest absolute Gasteiger partial charge is 0.419 e. The third-order valence-electron chi connectivity index (χ3n) is 4.09. The van der Waals surface area contributed by atoms with Crippen molar-refractivity contribution in [3.05, 3.63) is 28.7 Å². The fourth-order valence-electron chi connectivity index (χ4n) is 2.76. The molecule has 1 aromatic carbocycles. The average molecular weight is 355 g/mol. The number of benzene rings is 1. The molecule has 2 heterocycles. The van der Waals surface area contributed by atoms with Gasteiger partial charge in [0.1, 0.15) is 0 Å². The van der Waals surface area contributed by atoms with E-state index in [1.54, 1.807) is 6.07 Å². The number of aromatic nitrogens is 1. The molecule has 0 bridgehead atoms. The standard InChI is InChI=1S/C15H21N3O5S/c1-2-18-13-4-3-12(11-14(13)23-15(18)19)24(20,21)16-5-6-17-7-9-22-10-8-17/h3-4,11,16H,2,5-10H2,1H3. The fourth-order valence-corrected chi connectivity index (χ4v) is 3.80. The Kier molecular flexibility index (Phi) is 5.04. The summed E-state index contributed by atoms with van der Waals surface area (Å²) < 4.78 is 39.2. The summed E-state index contributed by atoms with van der Waals surface area (Å²) in [6, 6.07) is 4.47. The van der Waals surface area contributed by atoms with Crippen molar-refractivity contribution in [2.75, 3.05) is 39.4 Å². The van der Waals surface area contributed by atoms with Gasteiger partial charge in [0.2, 0.25) is 10.0 Å². The average Bonchev–Trinajstić information content (AvgIpc) is 2.89. The maximum atomic E-state index is 12.4. The Labute approximate surface area is 140 Å². The minimum Gasteiger partial charge on any atom is -0.408 e. The van der Waals surface area contributed by atoms with Crippen molar-refractivity contribution in [3.63, 3.8) is 0 Å². The number of oxazole rings is 1. The van der Waals surface area contributed by atoms with Crippen LogP contribution >= 0.6 is 0 Å². The second kappa shape index (κ2) is 7.06. The molecule has 3 rings (SSSR count). The Hall–Kier alpha value is -1.68. The van der Waals surface area contributed by atoms with Crippen LogP contribution in [0.2, 0.25) is 0 Å². The topological polar surface area (TPSA) is 93.8 Å². The van der Waals surface area contributed by atoms with E-state index in [1.165, 1.54) is 16.7 Å². The summed E-state index contributed by atoms with van der Waals surface area (Å²) in [4.78, 5) is 13.9. The summed E-state index contributed by atoms with van der Waals surface area (Å²) in [5.74, 6) is -0.484. The number of hydrogen-bond donors (Lipinski definition) is 1. The number of sulfonamides is 1. The van der Waals surface area contributed by atoms with Gasteiger partial charge in [-0.25, -0.2) is 17.9 Å². The highest BCUT2D eigenvalue weighted by Gasteiger charge is 2.18. The van der Waals surface area contributed by atoms with Gasteiger partial charge in [0, 0.05) is 38.8 Å². The van der Waals surface area contributed by atoms with E-state index in [1.807, 2.05) is 6.92 Å². The minimum absolute atomic E-state index is 0.0916. The van der Waals surface area contributed by atoms with Gasteiger partial charge >= 0.3 is 5.76 Å². The molecule has 1 N–H and O–H groups in total. The van der Waals surface area contributed by atoms with Crippen molar-refractivity contribution < 1.29 is 17.6 Å². The van der Waals surface area contributed by atoms with Gasteiger partial charge in [-0.3, -0.25) is 9.47 Å². The molecule has 0 unspecified atom stereocenters. The third-order valence-corrected chi connectivity index (χ3v) is 5.55. The van der Waals surface area contributed by atoms with Gasteiger partial charge in [0.15, 0.2) is 5.58 Å². The summed E-state index contributed by atoms with van der Waals surface area (Å²) in [5, 5.41) is 0. The van der Waals surface area contributed by atoms with Crippen LogP contribution in [-0.4, -0.2) is 57.3 Å². The van der Waals surface area contributed by atoms with E-state index in [0.29, 0.717) is 38.4 Å². The molecule has 1 aliphatic heterocycles. The third kappa shape index (κ3) is 3.54. The van der Waals surface area contributed by atoms with E-state index in [-0.39, 0.29) is 10.5 Å². The second-order valence-corrected chi connectivity index (χ2v) is 7.36. The van der Waals surface area contributed by atoms with Gasteiger partial charge < -0.3 is 9.15 Å². The lowest BCUT2D eigenvalue weighted by atomic mass is 10.3. The molecule has 0 atom stereocenters. The summed E-state index contributed by atoms with van der Waals surface area (Å²) in [7, 11) is -3.64. The quantitative estimate of drug-likeness (QED) is 0.797. The van der Waals surface area contributed by atoms with Crippen molar-refractivity contribution in [3.8, 4) is 0 Å². The van der Waals surface area contributed by atoms with Gasteiger partial charge in [-0.15, -0.1) is 0 Å². The van der Waals surface area contributed by atoms with Crippen molar-refractivity contribution >= 4 is 21.1 Å². The number of nitrogens with one attached hydrogen (secondary N) is 1. The Bertz CT molecular complexity index is 865. The molecule has 24 heavy (non-hydrogen) atoms. The first-order valence-electron chi connectivity index (χ1n) is 7.94. The fraction of sp³-hybridized carbons (Fsp3) is 0.533. The molecule has 0 amide bonds. The number of rotatable bonds is 6. The minimum atomic E-state index is -3.64. The molecule has 9 heteroatoms. The predicted octanol–water partition coefficient (Wildman–Crippen LogP) is 0.225. The molecule has 1 aromatic heterocycles. The van der Waals surface area contributed by atoms with E-state index in [9.17, 15) is 13.2 Å². The highest BCUT2D eigenvalue weighted by atomic mass is 32.2. The molecule has 1 fully saturated rings. The Morgan fingerprint density at radius 2 is 2.00 bits per heavy atom. The highest BCUT2D eigenvalue weighted by molar-refractivity contribution is 7.89. The van der Waals surface area contributed by atoms with Crippen LogP contribution in [0.4, 0.5) is 0 Å². The Morgan fingerprint density at radius 1 is 1.25 bits per heavy atom. The number of hydrogen-bond acceptors (Lipinski definition) is 6. The van der Waals surface area contributed by atoms with Crippen molar-refractivity contribution in [2.24, 2.45) is 0 Å². The summed E-state index contributed by atoms with van der Waals surface area (Å²) in [6.07, 6.45) is 0. The predicted molar refractivity (Wildman–Crippen MR) is 88.6 cm³/mol. The summed E-state index contributed by atoms with van der Waals surface area (Å²) in [6.45, 7) is 6.22. The molecule has 0 spiro atoms. The van der Waals surface area contributed by atoms with Gasteiger partial charge in [-0.1, -0.05) is 0 Å². The van der Waals surface area contributed by atoms with Gasteiger partial charge in [-0.05, 0) is 19.1 Å². The zero-order valence-electron chi connectivity index (χ0n) is 13.5. The van der Waals surface area contributed by atoms with Crippen LogP contribution in [-0.2, 0) is 21.3 Å². The number of ether oxygens (including phenoxy) is 1. The smallest absolute Gasteiger partial charge is 0.408 e. The normalized spacial score (nSPS) is 16.7. The maximum absolute atomic E-state index is 12.4. The summed E-state index contributed by atoms with van der Waals surface area (Å²) >= 11 is 0. The van der Waals surface area contributed by atoms with Gasteiger partial charge in [-0.2, -0.15) is 0 Å². The van der Waals surface area contributed by atoms with Crippen LogP contribution < -0.4 is 10.5 Å². The maximum Gasteiger partial charge on any atom is 0.419 e. The van der Waals surface area contributed by atoms with Crippen molar-refractivity contribution in [2.45, 2.75) is 18.4 Å². The van der Waals surface area contributed by atoms with E-state index < -0.39 is 15.8 Å². The number of nitrogens with zero attached hydrogens (tertiary/aromatic N) is 2. The van der Waals surface area contributed by atoms with Crippen LogP contribution in [0.3, 0.4) is 0 Å². The molecule has 1 aliphatic rings. The van der Waals surface area contributed by atoms with E-state index in [0.717, 1.165) is 13.1 Å². The number of aryl methyl sites for hydroxylation is 1. The number of fused-ring (bicyclic) bond motifs is 1. The molecule has 2 aromatic rings. The second-order valence-electron chi connectivity index (χ2n) is 5.59. The zero-order chi connectivity index (χ0) is 17.2. The first-order valence-corrected chi connectivity index (χ1v) is 9.43. The first-order chi connectivity index (χ1) is 11.5. The van der Waals surface area contributed by atoms with Crippen LogP contribution in [0, 0.1) is 0 Å². The molecule has 0 aliphatic carbocycles. The molecule has 0 radical (unpaired) electrons. The lowest BCUT2D eigenvalue weighted by Crippen LogP contribution is -2.41. The van der Waals surface area contributed by atoms with Gasteiger partial charge in [0.05, 0.1) is 23.6 Å². The Balaban J connectivity index is 1.72. The molecular weight excluding hydrogens is 334 g/mol. The highest BCUT2D eigenvalue weighted by Crippen LogP contribution is 2.18. The van der Waals surface area contributed by atoms with Crippen LogP contribution in [0.15, 0.2) is 32.3 Å². The molecule has 1 saturated heterocycles. The van der Waals surface area contributed by atoms with E-state index in [4.69, 9.17) is 9.15 Å². The SMILES string of the molecule is CCn1c(=O)oc2cc(S(=O)(=O)NCCN3CCOCC3)ccc21. The van der Waals surface area contributed by atoms with Crippen molar-refractivity contribution in [1.82, 2.24) is 14.2 Å². The van der Waals surface area contributed by atoms with Gasteiger partial charge in [0.25, 0.3) is 0 Å². The molecule has 132 valence electrons. The summed E-state index contributed by atoms with van der Waals surface area (Å²) in [5.41, 5.74) is 0.868. The lowest BCUT2D eigenvalue weighted by Gasteiger charge is -2.26. The van der Waals surface area contributed by atoms with E-state index >= 15 is 0 Å². The molecule has 8 nitrogen and oxygen atoms in total. The lowest BCUT2D eigenvalue weighted by molar-refractivity contribution is 0.0390. The van der Waals surface area contributed by atoms with Crippen molar-refractivity contribution in [1.29, 1.82) is 0 Å². The van der Waals surface area contributed by atoms with E-state index in [2.05, 4.69) is 9.62 Å². The van der Waals surface area contributed by atoms with Crippen LogP contribution in [0.5, 0.6) is 0 Å². The number of morpholine rings is 1. The zero-order valence-corrected chi connectivity index (χ0v) is 14.3. The molecule has 0 saturated carbocycles. The monoisotopic (exact) mass is 355 g/mol. The van der Waals surface area contributed by atoms with Crippen LogP contribution in [0.1, 0.15) is 6.92 Å². The first kappa shape index (κ1) is 17.2. The Morgan fingerprint density at radius 3 is 2.71 bits per heavy atom. The van der Waals surface area contributed by atoms with Crippen LogP contribution in [0.25, 0.3) is 11.1 Å².